The van der Waals surface area contributed by atoms with Crippen LogP contribution < -0.4 is 49.5 Å². The summed E-state index contributed by atoms with van der Waals surface area (Å²) in [5.74, 6) is -3.14. The zero-order valence-corrected chi connectivity index (χ0v) is 36.1. The normalized spacial score (nSPS) is 24.1. The van der Waals surface area contributed by atoms with Crippen LogP contribution in [-0.2, 0) is 34.9 Å². The van der Waals surface area contributed by atoms with Crippen molar-refractivity contribution < 1.29 is 38.4 Å². The van der Waals surface area contributed by atoms with E-state index in [1.165, 1.54) is 12.5 Å². The van der Waals surface area contributed by atoms with Gasteiger partial charge in [0.25, 0.3) is 11.8 Å². The molecule has 1 aliphatic heterocycles. The van der Waals surface area contributed by atoms with Crippen LogP contribution in [-0.4, -0.2) is 103 Å². The van der Waals surface area contributed by atoms with Crippen molar-refractivity contribution >= 4 is 36.7 Å². The minimum Gasteiger partial charge on any atom is -0.403 e. The molecule has 61 heavy (non-hydrogen) atoms. The molecule has 1 saturated heterocycles. The van der Waals surface area contributed by atoms with E-state index < -0.39 is 78.7 Å². The van der Waals surface area contributed by atoms with Crippen molar-refractivity contribution in [2.45, 2.75) is 134 Å². The largest absolute Gasteiger partial charge is 0.497 e. The van der Waals surface area contributed by atoms with Gasteiger partial charge in [-0.2, -0.15) is 0 Å². The minimum absolute atomic E-state index is 0.116. The summed E-state index contributed by atoms with van der Waals surface area (Å²) < 4.78 is 12.6. The Balaban J connectivity index is 1.13. The number of nitrogens with two attached hydrogens (primary N) is 4. The highest BCUT2D eigenvalue weighted by molar-refractivity contribution is 6.47. The topological polar surface area (TPSA) is 288 Å². The van der Waals surface area contributed by atoms with Crippen LogP contribution in [0.2, 0.25) is 0 Å². The summed E-state index contributed by atoms with van der Waals surface area (Å²) in [5.41, 5.74) is 27.0. The molecule has 334 valence electrons. The molecule has 0 aromatic heterocycles. The standard InChI is InChI=1S/C43H66BN9O8/c1-6-7-10-25-12-14-26(15-13-25)27-16-18-28(19-17-27)36(55)50-31(23-46)38(57)51-34(24(2)54)39(58)52-35(47)40(59)49-30(11-8-9-20-45)37(56)53-41(48)44-60-33-22-29-21-32(42(29,3)4)43(33,5)61-44/h12-19,24,29-35,41,54H,6-11,20-23,45-48H2,1-5H3,(H,49,59)(H,50,55)(H,51,57)(H,52,58)(H,53,56)/t24?,29-,30-,31-,32-,33?,34-,35+,41+,43-/m0/s1. The first-order chi connectivity index (χ1) is 28.9. The van der Waals surface area contributed by atoms with Crippen LogP contribution in [0.15, 0.2) is 48.5 Å². The molecule has 2 unspecified atom stereocenters. The van der Waals surface area contributed by atoms with E-state index >= 15 is 0 Å². The van der Waals surface area contributed by atoms with Gasteiger partial charge in [0.05, 0.1) is 17.8 Å². The van der Waals surface area contributed by atoms with Gasteiger partial charge in [-0.15, -0.1) is 0 Å². The van der Waals surface area contributed by atoms with Crippen molar-refractivity contribution in [2.24, 2.45) is 40.2 Å². The number of carbonyl (C=O) groups excluding carboxylic acids is 5. The van der Waals surface area contributed by atoms with Crippen LogP contribution in [0.4, 0.5) is 0 Å². The fourth-order valence-corrected chi connectivity index (χ4v) is 8.91. The second-order valence-corrected chi connectivity index (χ2v) is 17.6. The fraction of sp³-hybridized carbons (Fsp3) is 0.605. The summed E-state index contributed by atoms with van der Waals surface area (Å²) in [7, 11) is -0.897. The van der Waals surface area contributed by atoms with Gasteiger partial charge in [-0.05, 0) is 111 Å². The second kappa shape index (κ2) is 20.6. The summed E-state index contributed by atoms with van der Waals surface area (Å²) >= 11 is 0. The highest BCUT2D eigenvalue weighted by atomic mass is 16.7. The minimum atomic E-state index is -1.70. The molecule has 2 aromatic carbocycles. The van der Waals surface area contributed by atoms with Gasteiger partial charge in [-0.25, -0.2) is 0 Å². The number of rotatable bonds is 21. The van der Waals surface area contributed by atoms with Crippen molar-refractivity contribution in [3.05, 3.63) is 59.7 Å². The molecule has 14 N–H and O–H groups in total. The summed E-state index contributed by atoms with van der Waals surface area (Å²) in [6, 6.07) is 10.1. The van der Waals surface area contributed by atoms with E-state index in [0.717, 1.165) is 43.2 Å². The lowest BCUT2D eigenvalue weighted by Gasteiger charge is -2.64. The average Bonchev–Trinajstić information content (AvgIpc) is 3.61. The summed E-state index contributed by atoms with van der Waals surface area (Å²) in [5, 5.41) is 23.0. The number of benzene rings is 2. The second-order valence-electron chi connectivity index (χ2n) is 17.6. The number of hydrogen-bond acceptors (Lipinski definition) is 12. The lowest BCUT2D eigenvalue weighted by atomic mass is 9.43. The SMILES string of the molecule is CCCCc1ccc(-c2ccc(C(=O)N[C@@H](CN)C(=O)N[C@H](C(=O)N[C@@H](N)C(=O)N[C@@H](CCCCN)C(=O)N[C@@H](N)B3OC4C[C@@H]5C[C@@H](C5(C)C)[C@]4(C)O3)C(C)O)cc2)cc1. The third-order valence-corrected chi connectivity index (χ3v) is 12.9. The van der Waals surface area contributed by atoms with Crippen molar-refractivity contribution in [3.8, 4) is 11.1 Å². The molecule has 17 nitrogen and oxygen atoms in total. The molecule has 5 amide bonds. The smallest absolute Gasteiger partial charge is 0.403 e. The third-order valence-electron chi connectivity index (χ3n) is 12.9. The van der Waals surface area contributed by atoms with E-state index in [2.05, 4.69) is 59.5 Å². The molecule has 1 heterocycles. The van der Waals surface area contributed by atoms with Gasteiger partial charge in [0.2, 0.25) is 17.7 Å². The lowest BCUT2D eigenvalue weighted by molar-refractivity contribution is -0.199. The average molecular weight is 848 g/mol. The fourth-order valence-electron chi connectivity index (χ4n) is 8.91. The zero-order valence-electron chi connectivity index (χ0n) is 36.1. The van der Waals surface area contributed by atoms with Crippen molar-refractivity contribution in [3.63, 3.8) is 0 Å². The van der Waals surface area contributed by atoms with Gasteiger partial charge >= 0.3 is 7.12 Å². The molecule has 4 aliphatic rings. The van der Waals surface area contributed by atoms with Crippen LogP contribution in [0.5, 0.6) is 0 Å². The number of nitrogens with one attached hydrogen (secondary N) is 5. The molecule has 18 heteroatoms. The monoisotopic (exact) mass is 848 g/mol. The van der Waals surface area contributed by atoms with Gasteiger partial charge in [-0.1, -0.05) is 63.6 Å². The number of aliphatic hydroxyl groups is 1. The number of amides is 5. The number of aryl methyl sites for hydroxylation is 1. The number of carbonyl (C=O) groups is 5. The Morgan fingerprint density at radius 2 is 1.44 bits per heavy atom. The molecule has 2 bridgehead atoms. The molecular weight excluding hydrogens is 781 g/mol. The predicted molar refractivity (Wildman–Crippen MR) is 232 cm³/mol. The van der Waals surface area contributed by atoms with Crippen molar-refractivity contribution in [1.29, 1.82) is 0 Å². The molecule has 0 radical (unpaired) electrons. The molecule has 10 atom stereocenters. The Morgan fingerprint density at radius 1 is 0.803 bits per heavy atom. The summed E-state index contributed by atoms with van der Waals surface area (Å²) in [4.78, 5) is 66.6. The molecule has 0 spiro atoms. The van der Waals surface area contributed by atoms with E-state index in [-0.39, 0.29) is 30.0 Å². The number of hydrogen-bond donors (Lipinski definition) is 10. The number of aliphatic hydroxyl groups excluding tert-OH is 1. The van der Waals surface area contributed by atoms with Crippen LogP contribution >= 0.6 is 0 Å². The van der Waals surface area contributed by atoms with Gasteiger partial charge in [-0.3, -0.25) is 24.0 Å². The third kappa shape index (κ3) is 11.2. The Bertz CT molecular complexity index is 1850. The van der Waals surface area contributed by atoms with Gasteiger partial charge in [0.1, 0.15) is 24.2 Å². The van der Waals surface area contributed by atoms with Gasteiger partial charge in [0, 0.05) is 12.1 Å². The highest BCUT2D eigenvalue weighted by Crippen LogP contribution is 2.65. The van der Waals surface area contributed by atoms with Crippen molar-refractivity contribution in [1.82, 2.24) is 26.6 Å². The van der Waals surface area contributed by atoms with Crippen molar-refractivity contribution in [2.75, 3.05) is 13.1 Å². The first-order valence-electron chi connectivity index (χ1n) is 21.6. The van der Waals surface area contributed by atoms with Crippen LogP contribution in [0.1, 0.15) is 95.5 Å². The Kier molecular flexibility index (Phi) is 16.1. The van der Waals surface area contributed by atoms with E-state index in [0.29, 0.717) is 31.2 Å². The quantitative estimate of drug-likeness (QED) is 0.0462. The van der Waals surface area contributed by atoms with E-state index in [4.69, 9.17) is 32.2 Å². The molecule has 6 rings (SSSR count). The maximum Gasteiger partial charge on any atom is 0.497 e. The van der Waals surface area contributed by atoms with E-state index in [9.17, 15) is 29.1 Å². The molecular formula is C43H66BN9O8. The Morgan fingerprint density at radius 3 is 2.03 bits per heavy atom. The van der Waals surface area contributed by atoms with Crippen LogP contribution in [0.25, 0.3) is 11.1 Å². The number of unbranched alkanes of at least 4 members (excludes halogenated alkanes) is 2. The first kappa shape index (κ1) is 47.6. The lowest BCUT2D eigenvalue weighted by Crippen LogP contribution is -2.65. The first-order valence-corrected chi connectivity index (χ1v) is 21.6. The van der Waals surface area contributed by atoms with E-state index in [1.54, 1.807) is 24.3 Å². The predicted octanol–water partition coefficient (Wildman–Crippen LogP) is 0.302. The molecule has 2 aromatic rings. The van der Waals surface area contributed by atoms with Crippen LogP contribution in [0, 0.1) is 17.3 Å². The zero-order chi connectivity index (χ0) is 44.6. The van der Waals surface area contributed by atoms with Gasteiger partial charge in [0.15, 0.2) is 6.17 Å². The van der Waals surface area contributed by atoms with Gasteiger partial charge < -0.3 is 63.9 Å². The summed E-state index contributed by atoms with van der Waals surface area (Å²) in [6.45, 7) is 9.96. The highest BCUT2D eigenvalue weighted by Gasteiger charge is 2.68. The molecule has 4 fully saturated rings. The van der Waals surface area contributed by atoms with Crippen LogP contribution in [0.3, 0.4) is 0 Å². The molecule has 3 aliphatic carbocycles. The maximum atomic E-state index is 13.5. The summed E-state index contributed by atoms with van der Waals surface area (Å²) in [6.07, 6.45) is 3.07. The Hall–Kier alpha value is -4.43. The molecule has 3 saturated carbocycles. The van der Waals surface area contributed by atoms with E-state index in [1.807, 2.05) is 19.1 Å². The maximum absolute atomic E-state index is 13.5. The Labute approximate surface area is 359 Å².